The van der Waals surface area contributed by atoms with E-state index < -0.39 is 42.5 Å². The first-order valence-electron chi connectivity index (χ1n) is 5.14. The van der Waals surface area contributed by atoms with Gasteiger partial charge >= 0.3 is 5.97 Å². The molecular formula is C9H17N3O5S. The molecular weight excluding hydrogens is 262 g/mol. The summed E-state index contributed by atoms with van der Waals surface area (Å²) < 4.78 is 0. The van der Waals surface area contributed by atoms with Crippen LogP contribution in [0.25, 0.3) is 0 Å². The van der Waals surface area contributed by atoms with Crippen molar-refractivity contribution in [3.63, 3.8) is 0 Å². The van der Waals surface area contributed by atoms with Gasteiger partial charge in [-0.15, -0.1) is 0 Å². The second kappa shape index (κ2) is 7.90. The molecule has 0 radical (unpaired) electrons. The number of rotatable bonds is 7. The standard InChI is InChI=1S/C9H17N3O5S/c1-4(13)7(9(16)17)12-6(14)2-11-8(15)5(10)3-18/h4-5,7,13,18H,2-3,10H2,1H3,(H,11,15)(H,12,14)(H,16,17). The summed E-state index contributed by atoms with van der Waals surface area (Å²) in [7, 11) is 0. The van der Waals surface area contributed by atoms with Crippen molar-refractivity contribution < 1.29 is 24.6 Å². The van der Waals surface area contributed by atoms with Crippen molar-refractivity contribution in [2.45, 2.75) is 25.1 Å². The fraction of sp³-hybridized carbons (Fsp3) is 0.667. The number of carbonyl (C=O) groups excluding carboxylic acids is 2. The van der Waals surface area contributed by atoms with Crippen LogP contribution in [0.3, 0.4) is 0 Å². The van der Waals surface area contributed by atoms with Crippen LogP contribution in [-0.4, -0.2) is 58.5 Å². The first-order chi connectivity index (χ1) is 8.29. The van der Waals surface area contributed by atoms with Gasteiger partial charge in [-0.25, -0.2) is 4.79 Å². The maximum atomic E-state index is 11.3. The van der Waals surface area contributed by atoms with Crippen LogP contribution >= 0.6 is 12.6 Å². The van der Waals surface area contributed by atoms with Gasteiger partial charge in [0.1, 0.15) is 0 Å². The van der Waals surface area contributed by atoms with Crippen molar-refractivity contribution in [2.75, 3.05) is 12.3 Å². The molecule has 0 spiro atoms. The average molecular weight is 279 g/mol. The Morgan fingerprint density at radius 1 is 1.39 bits per heavy atom. The molecule has 0 aliphatic rings. The maximum absolute atomic E-state index is 11.3. The zero-order valence-electron chi connectivity index (χ0n) is 9.79. The number of hydrogen-bond acceptors (Lipinski definition) is 6. The molecule has 0 aromatic heterocycles. The van der Waals surface area contributed by atoms with Crippen molar-refractivity contribution in [3.05, 3.63) is 0 Å². The number of carboxylic acid groups (broad SMARTS) is 1. The van der Waals surface area contributed by atoms with Crippen molar-refractivity contribution in [1.29, 1.82) is 0 Å². The average Bonchev–Trinajstić information content (AvgIpc) is 2.30. The molecule has 0 rings (SSSR count). The highest BCUT2D eigenvalue weighted by Gasteiger charge is 2.25. The van der Waals surface area contributed by atoms with Gasteiger partial charge in [-0.1, -0.05) is 0 Å². The van der Waals surface area contributed by atoms with Crippen LogP contribution in [0.15, 0.2) is 0 Å². The third-order valence-corrected chi connectivity index (χ3v) is 2.41. The normalized spacial score (nSPS) is 15.3. The summed E-state index contributed by atoms with van der Waals surface area (Å²) in [5.41, 5.74) is 5.35. The fourth-order valence-corrected chi connectivity index (χ4v) is 1.16. The molecule has 2 amide bonds. The van der Waals surface area contributed by atoms with Gasteiger partial charge in [0.25, 0.3) is 0 Å². The van der Waals surface area contributed by atoms with Crippen LogP contribution in [0.5, 0.6) is 0 Å². The van der Waals surface area contributed by atoms with Gasteiger partial charge in [0.05, 0.1) is 18.7 Å². The number of nitrogens with two attached hydrogens (primary N) is 1. The van der Waals surface area contributed by atoms with E-state index in [2.05, 4.69) is 23.3 Å². The van der Waals surface area contributed by atoms with Crippen molar-refractivity contribution in [3.8, 4) is 0 Å². The Labute approximate surface area is 109 Å². The van der Waals surface area contributed by atoms with Crippen LogP contribution in [0.2, 0.25) is 0 Å². The lowest BCUT2D eigenvalue weighted by molar-refractivity contribution is -0.144. The minimum absolute atomic E-state index is 0.124. The molecule has 0 saturated carbocycles. The minimum Gasteiger partial charge on any atom is -0.480 e. The van der Waals surface area contributed by atoms with Gasteiger partial charge < -0.3 is 26.6 Å². The second-order valence-electron chi connectivity index (χ2n) is 3.63. The summed E-state index contributed by atoms with van der Waals surface area (Å²) in [5, 5.41) is 22.1. The van der Waals surface area contributed by atoms with E-state index in [-0.39, 0.29) is 5.75 Å². The zero-order valence-corrected chi connectivity index (χ0v) is 10.7. The Morgan fingerprint density at radius 2 is 1.94 bits per heavy atom. The molecule has 0 saturated heterocycles. The van der Waals surface area contributed by atoms with Crippen LogP contribution in [-0.2, 0) is 14.4 Å². The lowest BCUT2D eigenvalue weighted by Crippen LogP contribution is -2.52. The van der Waals surface area contributed by atoms with E-state index in [0.29, 0.717) is 0 Å². The van der Waals surface area contributed by atoms with Gasteiger partial charge in [0.15, 0.2) is 6.04 Å². The van der Waals surface area contributed by atoms with Gasteiger partial charge in [0.2, 0.25) is 11.8 Å². The number of carboxylic acids is 1. The zero-order chi connectivity index (χ0) is 14.3. The lowest BCUT2D eigenvalue weighted by atomic mass is 10.2. The summed E-state index contributed by atoms with van der Waals surface area (Å²) in [4.78, 5) is 33.2. The van der Waals surface area contributed by atoms with E-state index in [4.69, 9.17) is 15.9 Å². The molecule has 0 bridgehead atoms. The molecule has 3 atom stereocenters. The Bertz CT molecular complexity index is 323. The lowest BCUT2D eigenvalue weighted by Gasteiger charge is -2.17. The van der Waals surface area contributed by atoms with Crippen LogP contribution in [0.1, 0.15) is 6.92 Å². The molecule has 0 aliphatic carbocycles. The first-order valence-corrected chi connectivity index (χ1v) is 5.77. The summed E-state index contributed by atoms with van der Waals surface area (Å²) in [5.74, 6) is -2.54. The van der Waals surface area contributed by atoms with Crippen molar-refractivity contribution in [1.82, 2.24) is 10.6 Å². The van der Waals surface area contributed by atoms with E-state index >= 15 is 0 Å². The van der Waals surface area contributed by atoms with E-state index in [9.17, 15) is 14.4 Å². The fourth-order valence-electron chi connectivity index (χ4n) is 0.995. The number of carbonyl (C=O) groups is 3. The SMILES string of the molecule is CC(O)C(NC(=O)CNC(=O)C(N)CS)C(=O)O. The third kappa shape index (κ3) is 5.84. The topological polar surface area (TPSA) is 142 Å². The van der Waals surface area contributed by atoms with Gasteiger partial charge in [-0.3, -0.25) is 9.59 Å². The predicted octanol–water partition coefficient (Wildman–Crippen LogP) is -2.69. The summed E-state index contributed by atoms with van der Waals surface area (Å²) in [6.07, 6.45) is -1.25. The van der Waals surface area contributed by atoms with Crippen molar-refractivity contribution in [2.24, 2.45) is 5.73 Å². The van der Waals surface area contributed by atoms with E-state index in [1.54, 1.807) is 0 Å². The minimum atomic E-state index is -1.42. The molecule has 104 valence electrons. The van der Waals surface area contributed by atoms with E-state index in [0.717, 1.165) is 0 Å². The molecule has 18 heavy (non-hydrogen) atoms. The molecule has 0 aromatic rings. The quantitative estimate of drug-likeness (QED) is 0.280. The van der Waals surface area contributed by atoms with Crippen LogP contribution in [0, 0.1) is 0 Å². The van der Waals surface area contributed by atoms with Gasteiger partial charge in [0, 0.05) is 5.75 Å². The van der Waals surface area contributed by atoms with E-state index in [1.807, 2.05) is 0 Å². The maximum Gasteiger partial charge on any atom is 0.328 e. The van der Waals surface area contributed by atoms with Crippen molar-refractivity contribution >= 4 is 30.4 Å². The number of aliphatic carboxylic acids is 1. The number of nitrogens with one attached hydrogen (secondary N) is 2. The van der Waals surface area contributed by atoms with Gasteiger partial charge in [-0.05, 0) is 6.92 Å². The number of aliphatic hydroxyl groups excluding tert-OH is 1. The van der Waals surface area contributed by atoms with Crippen LogP contribution < -0.4 is 16.4 Å². The number of amides is 2. The summed E-state index contributed by atoms with van der Waals surface area (Å²) in [6.45, 7) is 0.811. The summed E-state index contributed by atoms with van der Waals surface area (Å²) >= 11 is 3.81. The molecule has 3 unspecified atom stereocenters. The van der Waals surface area contributed by atoms with E-state index in [1.165, 1.54) is 6.92 Å². The number of aliphatic hydroxyl groups is 1. The van der Waals surface area contributed by atoms with Crippen LogP contribution in [0.4, 0.5) is 0 Å². The third-order valence-electron chi connectivity index (χ3n) is 2.02. The Kier molecular flexibility index (Phi) is 7.32. The highest BCUT2D eigenvalue weighted by Crippen LogP contribution is 1.92. The first kappa shape index (κ1) is 16.7. The summed E-state index contributed by atoms with van der Waals surface area (Å²) in [6, 6.07) is -2.26. The number of hydrogen-bond donors (Lipinski definition) is 6. The monoisotopic (exact) mass is 279 g/mol. The Morgan fingerprint density at radius 3 is 2.33 bits per heavy atom. The molecule has 0 fully saturated rings. The van der Waals surface area contributed by atoms with Gasteiger partial charge in [-0.2, -0.15) is 12.6 Å². The Balaban J connectivity index is 4.19. The molecule has 9 heteroatoms. The molecule has 0 aliphatic heterocycles. The molecule has 0 aromatic carbocycles. The highest BCUT2D eigenvalue weighted by atomic mass is 32.1. The Hall–Kier alpha value is -1.32. The number of thiol groups is 1. The molecule has 0 heterocycles. The highest BCUT2D eigenvalue weighted by molar-refractivity contribution is 7.80. The smallest absolute Gasteiger partial charge is 0.328 e. The molecule has 8 nitrogen and oxygen atoms in total. The largest absolute Gasteiger partial charge is 0.480 e. The predicted molar refractivity (Wildman–Crippen MR) is 66.1 cm³/mol. The second-order valence-corrected chi connectivity index (χ2v) is 4.00. The molecule has 6 N–H and O–H groups in total.